The van der Waals surface area contributed by atoms with Gasteiger partial charge in [0.15, 0.2) is 12.4 Å². The molecule has 4 rings (SSSR count). The molecule has 5 nitrogen and oxygen atoms in total. The Bertz CT molecular complexity index is 1170. The number of fused-ring (bicyclic) bond motifs is 1. The van der Waals surface area contributed by atoms with Crippen LogP contribution in [-0.4, -0.2) is 18.3 Å². The Hall–Kier alpha value is -3.38. The van der Waals surface area contributed by atoms with Crippen LogP contribution in [0.5, 0.6) is 5.75 Å². The molecule has 0 aliphatic carbocycles. The highest BCUT2D eigenvalue weighted by Crippen LogP contribution is 2.32. The molecule has 1 aromatic heterocycles. The van der Waals surface area contributed by atoms with Crippen LogP contribution in [0.15, 0.2) is 87.8 Å². The number of amides is 1. The lowest BCUT2D eigenvalue weighted by atomic mass is 10.1. The van der Waals surface area contributed by atoms with E-state index in [1.807, 2.05) is 30.3 Å². The summed E-state index contributed by atoms with van der Waals surface area (Å²) in [7, 11) is 0. The largest absolute Gasteiger partial charge is 0.484 e. The van der Waals surface area contributed by atoms with Crippen molar-refractivity contribution in [2.45, 2.75) is 0 Å². The monoisotopic (exact) mass is 449 g/mol. The van der Waals surface area contributed by atoms with Crippen molar-refractivity contribution >= 4 is 44.3 Å². The lowest BCUT2D eigenvalue weighted by molar-refractivity contribution is -0.118. The van der Waals surface area contributed by atoms with Crippen LogP contribution in [0.2, 0.25) is 0 Å². The van der Waals surface area contributed by atoms with Gasteiger partial charge in [-0.2, -0.15) is 0 Å². The van der Waals surface area contributed by atoms with Gasteiger partial charge in [0.2, 0.25) is 5.78 Å². The van der Waals surface area contributed by atoms with Gasteiger partial charge in [0.05, 0.1) is 5.69 Å². The number of anilines is 1. The number of benzene rings is 3. The number of halogens is 1. The molecule has 0 atom stereocenters. The third-order valence-electron chi connectivity index (χ3n) is 4.29. The molecule has 1 amide bonds. The SMILES string of the molecule is O=C(COc1ccccc1)Nc1c(C(=O)c2ccc(Br)cc2)oc2ccccc12. The maximum atomic E-state index is 13.0. The average Bonchev–Trinajstić information content (AvgIpc) is 3.11. The summed E-state index contributed by atoms with van der Waals surface area (Å²) in [4.78, 5) is 25.5. The minimum atomic E-state index is -0.384. The zero-order chi connectivity index (χ0) is 20.2. The fourth-order valence-corrected chi connectivity index (χ4v) is 3.17. The fourth-order valence-electron chi connectivity index (χ4n) is 2.90. The van der Waals surface area contributed by atoms with Crippen molar-refractivity contribution in [2.24, 2.45) is 0 Å². The number of hydrogen-bond donors (Lipinski definition) is 1. The molecular weight excluding hydrogens is 434 g/mol. The Morgan fingerprint density at radius 3 is 2.34 bits per heavy atom. The van der Waals surface area contributed by atoms with Crippen molar-refractivity contribution in [1.82, 2.24) is 0 Å². The normalized spacial score (nSPS) is 10.7. The highest BCUT2D eigenvalue weighted by Gasteiger charge is 2.23. The van der Waals surface area contributed by atoms with Crippen molar-refractivity contribution in [2.75, 3.05) is 11.9 Å². The second-order valence-corrected chi connectivity index (χ2v) is 7.20. The van der Waals surface area contributed by atoms with E-state index in [0.29, 0.717) is 28.0 Å². The molecule has 0 unspecified atom stereocenters. The van der Waals surface area contributed by atoms with Gasteiger partial charge in [0, 0.05) is 15.4 Å². The number of furan rings is 1. The standard InChI is InChI=1S/C23H16BrNO4/c24-16-12-10-15(11-13-16)22(27)23-21(18-8-4-5-9-19(18)29-23)25-20(26)14-28-17-6-2-1-3-7-17/h1-13H,14H2,(H,25,26). The molecule has 0 spiro atoms. The zero-order valence-corrected chi connectivity index (χ0v) is 16.8. The zero-order valence-electron chi connectivity index (χ0n) is 15.2. The number of hydrogen-bond acceptors (Lipinski definition) is 4. The first-order valence-corrected chi connectivity index (χ1v) is 9.70. The molecule has 0 fully saturated rings. The van der Waals surface area contributed by atoms with Gasteiger partial charge in [-0.1, -0.05) is 46.3 Å². The van der Waals surface area contributed by atoms with Crippen LogP contribution in [0.1, 0.15) is 16.1 Å². The summed E-state index contributed by atoms with van der Waals surface area (Å²) >= 11 is 3.36. The third kappa shape index (κ3) is 4.22. The van der Waals surface area contributed by atoms with E-state index in [1.165, 1.54) is 0 Å². The summed E-state index contributed by atoms with van der Waals surface area (Å²) < 4.78 is 12.2. The van der Waals surface area contributed by atoms with Crippen molar-refractivity contribution in [3.05, 3.63) is 94.7 Å². The molecule has 0 radical (unpaired) electrons. The Labute approximate surface area is 175 Å². The maximum absolute atomic E-state index is 13.0. The number of ketones is 1. The highest BCUT2D eigenvalue weighted by atomic mass is 79.9. The van der Waals surface area contributed by atoms with E-state index in [9.17, 15) is 9.59 Å². The number of para-hydroxylation sites is 2. The molecule has 144 valence electrons. The summed E-state index contributed by atoms with van der Waals surface area (Å²) in [6, 6.07) is 23.2. The quantitative estimate of drug-likeness (QED) is 0.397. The molecule has 1 heterocycles. The van der Waals surface area contributed by atoms with E-state index < -0.39 is 0 Å². The van der Waals surface area contributed by atoms with Crippen LogP contribution in [0.3, 0.4) is 0 Å². The van der Waals surface area contributed by atoms with E-state index >= 15 is 0 Å². The van der Waals surface area contributed by atoms with Crippen molar-refractivity contribution in [3.63, 3.8) is 0 Å². The van der Waals surface area contributed by atoms with E-state index in [1.54, 1.807) is 48.5 Å². The first-order chi connectivity index (χ1) is 14.1. The first-order valence-electron chi connectivity index (χ1n) is 8.91. The number of carbonyl (C=O) groups is 2. The van der Waals surface area contributed by atoms with E-state index in [2.05, 4.69) is 21.2 Å². The van der Waals surface area contributed by atoms with Crippen LogP contribution in [0, 0.1) is 0 Å². The molecule has 3 aromatic carbocycles. The smallest absolute Gasteiger partial charge is 0.262 e. The van der Waals surface area contributed by atoms with E-state index in [0.717, 1.165) is 4.47 Å². The minimum absolute atomic E-state index is 0.0848. The number of rotatable bonds is 6. The molecule has 0 saturated carbocycles. The molecular formula is C23H16BrNO4. The Morgan fingerprint density at radius 1 is 0.897 bits per heavy atom. The summed E-state index contributed by atoms with van der Waals surface area (Å²) in [6.45, 7) is -0.185. The molecule has 0 saturated heterocycles. The third-order valence-corrected chi connectivity index (χ3v) is 4.81. The predicted octanol–water partition coefficient (Wildman–Crippen LogP) is 5.44. The molecule has 0 aliphatic heterocycles. The molecule has 29 heavy (non-hydrogen) atoms. The van der Waals surface area contributed by atoms with Gasteiger partial charge in [-0.15, -0.1) is 0 Å². The number of nitrogens with one attached hydrogen (secondary N) is 1. The Morgan fingerprint density at radius 2 is 1.59 bits per heavy atom. The van der Waals surface area contributed by atoms with Crippen LogP contribution < -0.4 is 10.1 Å². The van der Waals surface area contributed by atoms with Crippen LogP contribution >= 0.6 is 15.9 Å². The summed E-state index contributed by atoms with van der Waals surface area (Å²) in [5.74, 6) is -0.0225. The fraction of sp³-hybridized carbons (Fsp3) is 0.0435. The van der Waals surface area contributed by atoms with Gasteiger partial charge in [-0.25, -0.2) is 0 Å². The topological polar surface area (TPSA) is 68.5 Å². The molecule has 1 N–H and O–H groups in total. The molecule has 6 heteroatoms. The first kappa shape index (κ1) is 19.0. The Balaban J connectivity index is 1.62. The number of ether oxygens (including phenoxy) is 1. The lowest BCUT2D eigenvalue weighted by Gasteiger charge is -2.08. The second kappa shape index (κ2) is 8.32. The lowest BCUT2D eigenvalue weighted by Crippen LogP contribution is -2.21. The van der Waals surface area contributed by atoms with Gasteiger partial charge in [0.1, 0.15) is 11.3 Å². The van der Waals surface area contributed by atoms with Crippen LogP contribution in [0.4, 0.5) is 5.69 Å². The average molecular weight is 450 g/mol. The Kier molecular flexibility index (Phi) is 5.44. The van der Waals surface area contributed by atoms with Gasteiger partial charge in [-0.3, -0.25) is 9.59 Å². The van der Waals surface area contributed by atoms with Crippen LogP contribution in [-0.2, 0) is 4.79 Å². The molecule has 0 bridgehead atoms. The molecule has 0 aliphatic rings. The van der Waals surface area contributed by atoms with Gasteiger partial charge >= 0.3 is 0 Å². The summed E-state index contributed by atoms with van der Waals surface area (Å²) in [5, 5.41) is 3.43. The van der Waals surface area contributed by atoms with Gasteiger partial charge in [-0.05, 0) is 48.5 Å². The van der Waals surface area contributed by atoms with Gasteiger partial charge in [0.25, 0.3) is 5.91 Å². The number of carbonyl (C=O) groups excluding carboxylic acids is 2. The minimum Gasteiger partial charge on any atom is -0.484 e. The van der Waals surface area contributed by atoms with Crippen molar-refractivity contribution < 1.29 is 18.7 Å². The predicted molar refractivity (Wildman–Crippen MR) is 114 cm³/mol. The van der Waals surface area contributed by atoms with Crippen molar-refractivity contribution in [3.8, 4) is 5.75 Å². The van der Waals surface area contributed by atoms with Gasteiger partial charge < -0.3 is 14.5 Å². The summed E-state index contributed by atoms with van der Waals surface area (Å²) in [5.41, 5.74) is 1.32. The maximum Gasteiger partial charge on any atom is 0.262 e. The molecule has 4 aromatic rings. The van der Waals surface area contributed by atoms with Crippen LogP contribution in [0.25, 0.3) is 11.0 Å². The summed E-state index contributed by atoms with van der Waals surface area (Å²) in [6.07, 6.45) is 0. The van der Waals surface area contributed by atoms with Crippen molar-refractivity contribution in [1.29, 1.82) is 0 Å². The highest BCUT2D eigenvalue weighted by molar-refractivity contribution is 9.10. The van der Waals surface area contributed by atoms with E-state index in [-0.39, 0.29) is 24.1 Å². The second-order valence-electron chi connectivity index (χ2n) is 6.29. The van der Waals surface area contributed by atoms with E-state index in [4.69, 9.17) is 9.15 Å².